The lowest BCUT2D eigenvalue weighted by Gasteiger charge is -2.19. The van der Waals surface area contributed by atoms with Crippen LogP contribution in [0.15, 0.2) is 78.9 Å². The van der Waals surface area contributed by atoms with Gasteiger partial charge in [0.15, 0.2) is 6.10 Å². The van der Waals surface area contributed by atoms with E-state index >= 15 is 0 Å². The van der Waals surface area contributed by atoms with E-state index in [1.165, 1.54) is 48.2 Å². The second kappa shape index (κ2) is 10.2. The molecule has 33 heavy (non-hydrogen) atoms. The number of nitro benzene ring substituents is 1. The summed E-state index contributed by atoms with van der Waals surface area (Å²) in [5.41, 5.74) is 0.443. The molecule has 0 heterocycles. The molecule has 3 aromatic carbocycles. The van der Waals surface area contributed by atoms with Crippen molar-refractivity contribution in [1.29, 1.82) is 0 Å². The number of hydrogen-bond acceptors (Lipinski definition) is 6. The van der Waals surface area contributed by atoms with E-state index < -0.39 is 28.8 Å². The minimum atomic E-state index is -1.27. The van der Waals surface area contributed by atoms with Gasteiger partial charge in [-0.15, -0.1) is 0 Å². The van der Waals surface area contributed by atoms with Gasteiger partial charge in [0.2, 0.25) is 0 Å². The van der Waals surface area contributed by atoms with E-state index in [2.05, 4.69) is 5.32 Å². The molecule has 0 spiro atoms. The number of nitrogens with one attached hydrogen (secondary N) is 1. The third kappa shape index (κ3) is 5.40. The van der Waals surface area contributed by atoms with Gasteiger partial charge in [0.1, 0.15) is 5.69 Å². The lowest BCUT2D eigenvalue weighted by atomic mass is 10.1. The van der Waals surface area contributed by atoms with E-state index in [-0.39, 0.29) is 22.5 Å². The number of anilines is 2. The van der Waals surface area contributed by atoms with Crippen LogP contribution in [-0.4, -0.2) is 35.9 Å². The predicted molar refractivity (Wildman–Crippen MR) is 122 cm³/mol. The molecule has 0 saturated carbocycles. The summed E-state index contributed by atoms with van der Waals surface area (Å²) in [6.45, 7) is 1.34. The molecule has 0 aliphatic rings. The van der Waals surface area contributed by atoms with Crippen LogP contribution in [0.4, 0.5) is 17.1 Å². The minimum Gasteiger partial charge on any atom is -0.449 e. The van der Waals surface area contributed by atoms with Gasteiger partial charge in [-0.3, -0.25) is 19.7 Å². The molecule has 0 bridgehead atoms. The summed E-state index contributed by atoms with van der Waals surface area (Å²) in [6.07, 6.45) is -1.27. The van der Waals surface area contributed by atoms with Crippen molar-refractivity contribution >= 4 is 34.8 Å². The molecule has 0 unspecified atom stereocenters. The summed E-state index contributed by atoms with van der Waals surface area (Å²) in [4.78, 5) is 50.2. The first-order valence-electron chi connectivity index (χ1n) is 9.97. The minimum absolute atomic E-state index is 0.00405. The van der Waals surface area contributed by atoms with E-state index in [4.69, 9.17) is 4.74 Å². The lowest BCUT2D eigenvalue weighted by Crippen LogP contribution is -2.32. The molecule has 0 saturated heterocycles. The quantitative estimate of drug-likeness (QED) is 0.331. The number of hydrogen-bond donors (Lipinski definition) is 1. The van der Waals surface area contributed by atoms with Gasteiger partial charge in [-0.05, 0) is 37.3 Å². The molecule has 3 aromatic rings. The number of amides is 2. The molecule has 1 N–H and O–H groups in total. The maximum Gasteiger partial charge on any atom is 0.339 e. The zero-order valence-corrected chi connectivity index (χ0v) is 17.9. The van der Waals surface area contributed by atoms with Crippen LogP contribution in [0.2, 0.25) is 0 Å². The average Bonchev–Trinajstić information content (AvgIpc) is 2.83. The van der Waals surface area contributed by atoms with Crippen LogP contribution in [0.1, 0.15) is 27.6 Å². The van der Waals surface area contributed by atoms with Crippen molar-refractivity contribution in [1.82, 2.24) is 0 Å². The highest BCUT2D eigenvalue weighted by atomic mass is 16.6. The maximum atomic E-state index is 13.0. The Kier molecular flexibility index (Phi) is 7.14. The summed E-state index contributed by atoms with van der Waals surface area (Å²) in [5.74, 6) is -2.04. The van der Waals surface area contributed by atoms with Gasteiger partial charge in [0, 0.05) is 18.8 Å². The number of benzene rings is 3. The molecule has 9 nitrogen and oxygen atoms in total. The van der Waals surface area contributed by atoms with Gasteiger partial charge in [0.25, 0.3) is 17.5 Å². The number of ether oxygens (including phenoxy) is 1. The molecular weight excluding hydrogens is 426 g/mol. The Morgan fingerprint density at radius 2 is 1.48 bits per heavy atom. The fourth-order valence-corrected chi connectivity index (χ4v) is 3.05. The topological polar surface area (TPSA) is 119 Å². The molecular formula is C24H21N3O6. The molecule has 0 aliphatic carbocycles. The van der Waals surface area contributed by atoms with Crippen molar-refractivity contribution in [3.8, 4) is 0 Å². The number of rotatable bonds is 7. The van der Waals surface area contributed by atoms with Crippen molar-refractivity contribution < 1.29 is 24.0 Å². The van der Waals surface area contributed by atoms with Crippen LogP contribution in [-0.2, 0) is 9.53 Å². The summed E-state index contributed by atoms with van der Waals surface area (Å²) in [6, 6.07) is 20.7. The Balaban J connectivity index is 1.75. The van der Waals surface area contributed by atoms with Crippen molar-refractivity contribution in [3.05, 3.63) is 100 Å². The second-order valence-corrected chi connectivity index (χ2v) is 7.06. The van der Waals surface area contributed by atoms with Crippen LogP contribution >= 0.6 is 0 Å². The first kappa shape index (κ1) is 23.1. The molecule has 3 rings (SSSR count). The third-order valence-corrected chi connectivity index (χ3v) is 4.84. The molecule has 168 valence electrons. The highest BCUT2D eigenvalue weighted by molar-refractivity contribution is 6.12. The van der Waals surface area contributed by atoms with Gasteiger partial charge >= 0.3 is 5.97 Å². The number of nitrogens with zero attached hydrogens (tertiary/aromatic N) is 2. The SMILES string of the molecule is C[C@H](OC(=O)c1ccccc1C(=O)N(C)c1ccccc1)C(=O)Nc1ccccc1[N+](=O)[O-]. The zero-order chi connectivity index (χ0) is 24.0. The molecule has 9 heteroatoms. The Morgan fingerprint density at radius 1 is 0.909 bits per heavy atom. The number of carbonyl (C=O) groups is 3. The number of nitro groups is 1. The standard InChI is InChI=1S/C24H21N3O6/c1-16(22(28)25-20-14-8-9-15-21(20)27(31)32)33-24(30)19-13-7-6-12-18(19)23(29)26(2)17-10-4-3-5-11-17/h3-16H,1-2H3,(H,25,28)/t16-/m0/s1. The van der Waals surface area contributed by atoms with Crippen LogP contribution < -0.4 is 10.2 Å². The number of esters is 1. The molecule has 0 fully saturated rings. The van der Waals surface area contributed by atoms with E-state index in [1.807, 2.05) is 6.07 Å². The zero-order valence-electron chi connectivity index (χ0n) is 17.9. The lowest BCUT2D eigenvalue weighted by molar-refractivity contribution is -0.383. The fraction of sp³-hybridized carbons (Fsp3) is 0.125. The van der Waals surface area contributed by atoms with Crippen molar-refractivity contribution in [2.75, 3.05) is 17.3 Å². The smallest absolute Gasteiger partial charge is 0.339 e. The molecule has 2 amide bonds. The summed E-state index contributed by atoms with van der Waals surface area (Å²) < 4.78 is 5.26. The fourth-order valence-electron chi connectivity index (χ4n) is 3.05. The number of para-hydroxylation sites is 3. The van der Waals surface area contributed by atoms with Gasteiger partial charge in [-0.2, -0.15) is 0 Å². The highest BCUT2D eigenvalue weighted by Gasteiger charge is 2.26. The molecule has 0 aromatic heterocycles. The van der Waals surface area contributed by atoms with Crippen molar-refractivity contribution in [2.24, 2.45) is 0 Å². The normalized spacial score (nSPS) is 11.2. The first-order chi connectivity index (χ1) is 15.8. The van der Waals surface area contributed by atoms with Gasteiger partial charge in [-0.1, -0.05) is 42.5 Å². The van der Waals surface area contributed by atoms with E-state index in [0.29, 0.717) is 5.69 Å². The third-order valence-electron chi connectivity index (χ3n) is 4.84. The Bertz CT molecular complexity index is 1200. The summed E-state index contributed by atoms with van der Waals surface area (Å²) >= 11 is 0. The van der Waals surface area contributed by atoms with Crippen LogP contribution in [0.3, 0.4) is 0 Å². The van der Waals surface area contributed by atoms with Gasteiger partial charge in [-0.25, -0.2) is 4.79 Å². The average molecular weight is 447 g/mol. The Labute approximate surface area is 189 Å². The highest BCUT2D eigenvalue weighted by Crippen LogP contribution is 2.24. The van der Waals surface area contributed by atoms with E-state index in [1.54, 1.807) is 43.4 Å². The van der Waals surface area contributed by atoms with E-state index in [0.717, 1.165) is 0 Å². The van der Waals surface area contributed by atoms with Crippen molar-refractivity contribution in [3.63, 3.8) is 0 Å². The Hall–Kier alpha value is -4.53. The van der Waals surface area contributed by atoms with Crippen LogP contribution in [0.5, 0.6) is 0 Å². The van der Waals surface area contributed by atoms with Crippen LogP contribution in [0.25, 0.3) is 0 Å². The molecule has 0 aliphatic heterocycles. The molecule has 0 radical (unpaired) electrons. The summed E-state index contributed by atoms with van der Waals surface area (Å²) in [5, 5.41) is 13.5. The van der Waals surface area contributed by atoms with Crippen LogP contribution in [0, 0.1) is 10.1 Å². The van der Waals surface area contributed by atoms with Gasteiger partial charge < -0.3 is 15.0 Å². The summed E-state index contributed by atoms with van der Waals surface area (Å²) in [7, 11) is 1.59. The Morgan fingerprint density at radius 3 is 2.15 bits per heavy atom. The monoisotopic (exact) mass is 447 g/mol. The van der Waals surface area contributed by atoms with Gasteiger partial charge in [0.05, 0.1) is 16.1 Å². The molecule has 1 atom stereocenters. The number of carbonyl (C=O) groups excluding carboxylic acids is 3. The van der Waals surface area contributed by atoms with E-state index in [9.17, 15) is 24.5 Å². The predicted octanol–water partition coefficient (Wildman–Crippen LogP) is 4.06. The first-order valence-corrected chi connectivity index (χ1v) is 9.97. The second-order valence-electron chi connectivity index (χ2n) is 7.06. The van der Waals surface area contributed by atoms with Crippen molar-refractivity contribution in [2.45, 2.75) is 13.0 Å². The maximum absolute atomic E-state index is 13.0. The largest absolute Gasteiger partial charge is 0.449 e.